The number of ether oxygens (including phenoxy) is 1. The molecule has 1 unspecified atom stereocenters. The summed E-state index contributed by atoms with van der Waals surface area (Å²) in [4.78, 5) is 27.5. The molecule has 2 amide bonds. The largest absolute Gasteiger partial charge is 0.497 e. The average Bonchev–Trinajstić information content (AvgIpc) is 3.08. The number of imide groups is 1. The van der Waals surface area contributed by atoms with Gasteiger partial charge in [0.2, 0.25) is 15.9 Å². The fourth-order valence-electron chi connectivity index (χ4n) is 4.50. The second kappa shape index (κ2) is 9.33. The molecule has 0 spiro atoms. The van der Waals surface area contributed by atoms with Gasteiger partial charge in [-0.1, -0.05) is 35.2 Å². The fraction of sp³-hybridized carbons (Fsp3) is 0.391. The van der Waals surface area contributed by atoms with Gasteiger partial charge in [0.25, 0.3) is 5.91 Å². The quantitative estimate of drug-likeness (QED) is 0.535. The Bertz CT molecular complexity index is 1100. The number of carbonyl (C=O) groups excluding carboxylic acids is 2. The summed E-state index contributed by atoms with van der Waals surface area (Å²) in [6.45, 7) is 0. The van der Waals surface area contributed by atoms with Crippen molar-refractivity contribution in [2.75, 3.05) is 12.0 Å². The topological polar surface area (TPSA) is 84.0 Å². The molecule has 1 atom stereocenters. The maximum Gasteiger partial charge on any atom is 0.252 e. The molecule has 0 radical (unpaired) electrons. The average molecular weight is 521 g/mol. The minimum Gasteiger partial charge on any atom is -0.497 e. The molecule has 1 saturated heterocycles. The number of methoxy groups -OCH3 is 1. The molecule has 2 aromatic rings. The summed E-state index contributed by atoms with van der Waals surface area (Å²) < 4.78 is 34.8. The third-order valence-electron chi connectivity index (χ3n) is 6.08. The molecule has 4 rings (SSSR count). The number of hydrogen-bond acceptors (Lipinski definition) is 5. The molecule has 7 nitrogen and oxygen atoms in total. The van der Waals surface area contributed by atoms with Crippen LogP contribution in [0.15, 0.2) is 57.9 Å². The van der Waals surface area contributed by atoms with Crippen molar-refractivity contribution in [1.29, 1.82) is 0 Å². The second-order valence-electron chi connectivity index (χ2n) is 8.07. The van der Waals surface area contributed by atoms with E-state index < -0.39 is 27.9 Å². The molecule has 2 aliphatic rings. The first-order valence-corrected chi connectivity index (χ1v) is 12.9. The molecular weight excluding hydrogens is 496 g/mol. The summed E-state index contributed by atoms with van der Waals surface area (Å²) in [6, 6.07) is 11.6. The van der Waals surface area contributed by atoms with Gasteiger partial charge >= 0.3 is 0 Å². The summed E-state index contributed by atoms with van der Waals surface area (Å²) in [7, 11) is -2.50. The molecule has 170 valence electrons. The van der Waals surface area contributed by atoms with Gasteiger partial charge < -0.3 is 4.74 Å². The molecule has 1 heterocycles. The van der Waals surface area contributed by atoms with E-state index in [1.807, 2.05) is 0 Å². The number of sulfonamides is 1. The van der Waals surface area contributed by atoms with Crippen LogP contribution < -0.4 is 9.64 Å². The van der Waals surface area contributed by atoms with E-state index in [2.05, 4.69) is 15.9 Å². The summed E-state index contributed by atoms with van der Waals surface area (Å²) in [5.74, 6) is -0.352. The predicted molar refractivity (Wildman–Crippen MR) is 124 cm³/mol. The van der Waals surface area contributed by atoms with Crippen LogP contribution in [0, 0.1) is 0 Å². The van der Waals surface area contributed by atoms with Crippen LogP contribution in [-0.2, 0) is 19.6 Å². The Morgan fingerprint density at radius 2 is 1.59 bits per heavy atom. The lowest BCUT2D eigenvalue weighted by atomic mass is 9.94. The van der Waals surface area contributed by atoms with Gasteiger partial charge in [0.1, 0.15) is 11.8 Å². The van der Waals surface area contributed by atoms with Crippen LogP contribution in [0.2, 0.25) is 0 Å². The van der Waals surface area contributed by atoms with Gasteiger partial charge in [-0.25, -0.2) is 13.3 Å². The van der Waals surface area contributed by atoms with E-state index in [0.717, 1.165) is 28.6 Å². The van der Waals surface area contributed by atoms with E-state index in [-0.39, 0.29) is 17.4 Å². The highest BCUT2D eigenvalue weighted by atomic mass is 79.9. The molecule has 1 aliphatic carbocycles. The molecule has 9 heteroatoms. The van der Waals surface area contributed by atoms with Gasteiger partial charge in [-0.2, -0.15) is 4.31 Å². The minimum absolute atomic E-state index is 0.0891. The SMILES string of the molecule is COc1ccc(S(=O)(=O)N(C2CCCCC2)C2CC(=O)N(c3ccc(Br)cc3)C2=O)cc1. The van der Waals surface area contributed by atoms with E-state index in [4.69, 9.17) is 4.74 Å². The van der Waals surface area contributed by atoms with Crippen molar-refractivity contribution in [1.82, 2.24) is 4.31 Å². The molecule has 32 heavy (non-hydrogen) atoms. The first-order chi connectivity index (χ1) is 15.3. The van der Waals surface area contributed by atoms with Gasteiger partial charge in [0.05, 0.1) is 24.1 Å². The minimum atomic E-state index is -4.01. The van der Waals surface area contributed by atoms with Crippen LogP contribution in [0.4, 0.5) is 5.69 Å². The standard InChI is InChI=1S/C23H25BrN2O5S/c1-31-19-11-13-20(14-12-19)32(29,30)26(18-5-3-2-4-6-18)21-15-22(27)25(23(21)28)17-9-7-16(24)8-10-17/h7-14,18,21H,2-6,15H2,1H3. The number of halogens is 1. The Hall–Kier alpha value is -2.23. The molecule has 0 aromatic heterocycles. The lowest BCUT2D eigenvalue weighted by molar-refractivity contribution is -0.122. The fourth-order valence-corrected chi connectivity index (χ4v) is 6.59. The zero-order chi connectivity index (χ0) is 22.9. The Morgan fingerprint density at radius 3 is 2.19 bits per heavy atom. The number of rotatable bonds is 6. The number of carbonyl (C=O) groups is 2. The lowest BCUT2D eigenvalue weighted by Crippen LogP contribution is -2.51. The smallest absolute Gasteiger partial charge is 0.252 e. The Balaban J connectivity index is 1.72. The van der Waals surface area contributed by atoms with Crippen LogP contribution >= 0.6 is 15.9 Å². The van der Waals surface area contributed by atoms with Crippen LogP contribution in [0.25, 0.3) is 0 Å². The van der Waals surface area contributed by atoms with Crippen LogP contribution in [-0.4, -0.2) is 43.7 Å². The lowest BCUT2D eigenvalue weighted by Gasteiger charge is -2.36. The van der Waals surface area contributed by atoms with Gasteiger partial charge in [0.15, 0.2) is 0 Å². The van der Waals surface area contributed by atoms with Crippen LogP contribution in [0.1, 0.15) is 38.5 Å². The number of hydrogen-bond donors (Lipinski definition) is 0. The van der Waals surface area contributed by atoms with Crippen LogP contribution in [0.5, 0.6) is 5.75 Å². The molecular formula is C23H25BrN2O5S. The number of anilines is 1. The molecule has 2 aromatic carbocycles. The van der Waals surface area contributed by atoms with Crippen molar-refractivity contribution < 1.29 is 22.7 Å². The van der Waals surface area contributed by atoms with Crippen molar-refractivity contribution in [2.24, 2.45) is 0 Å². The van der Waals surface area contributed by atoms with Gasteiger partial charge in [-0.15, -0.1) is 0 Å². The third kappa shape index (κ3) is 4.33. The number of nitrogens with zero attached hydrogens (tertiary/aromatic N) is 2. The zero-order valence-corrected chi connectivity index (χ0v) is 20.1. The third-order valence-corrected chi connectivity index (χ3v) is 8.59. The maximum absolute atomic E-state index is 13.8. The molecule has 1 saturated carbocycles. The van der Waals surface area contributed by atoms with E-state index in [1.54, 1.807) is 36.4 Å². The van der Waals surface area contributed by atoms with Crippen molar-refractivity contribution in [3.8, 4) is 5.75 Å². The highest BCUT2D eigenvalue weighted by molar-refractivity contribution is 9.10. The maximum atomic E-state index is 13.8. The van der Waals surface area contributed by atoms with E-state index in [1.165, 1.54) is 23.5 Å². The summed E-state index contributed by atoms with van der Waals surface area (Å²) >= 11 is 3.35. The highest BCUT2D eigenvalue weighted by Gasteiger charge is 2.49. The van der Waals surface area contributed by atoms with E-state index in [9.17, 15) is 18.0 Å². The molecule has 2 fully saturated rings. The predicted octanol–water partition coefficient (Wildman–Crippen LogP) is 4.11. The first kappa shape index (κ1) is 22.9. The van der Waals surface area contributed by atoms with Crippen molar-refractivity contribution in [2.45, 2.75) is 55.5 Å². The van der Waals surface area contributed by atoms with Gasteiger partial charge in [-0.05, 0) is 61.4 Å². The van der Waals surface area contributed by atoms with Crippen molar-refractivity contribution >= 4 is 43.5 Å². The summed E-state index contributed by atoms with van der Waals surface area (Å²) in [6.07, 6.45) is 4.00. The van der Waals surface area contributed by atoms with Gasteiger partial charge in [-0.3, -0.25) is 9.59 Å². The summed E-state index contributed by atoms with van der Waals surface area (Å²) in [5, 5.41) is 0. The Labute approximate surface area is 196 Å². The van der Waals surface area contributed by atoms with Gasteiger partial charge in [0, 0.05) is 10.5 Å². The monoisotopic (exact) mass is 520 g/mol. The van der Waals surface area contributed by atoms with Crippen molar-refractivity contribution in [3.05, 3.63) is 53.0 Å². The number of benzene rings is 2. The van der Waals surface area contributed by atoms with E-state index in [0.29, 0.717) is 24.3 Å². The Morgan fingerprint density at radius 1 is 0.969 bits per heavy atom. The van der Waals surface area contributed by atoms with Crippen LogP contribution in [0.3, 0.4) is 0 Å². The second-order valence-corrected chi connectivity index (χ2v) is 10.8. The summed E-state index contributed by atoms with van der Waals surface area (Å²) in [5.41, 5.74) is 0.441. The molecule has 0 N–H and O–H groups in total. The molecule has 0 bridgehead atoms. The molecule has 1 aliphatic heterocycles. The first-order valence-electron chi connectivity index (χ1n) is 10.6. The normalized spacial score (nSPS) is 20.2. The van der Waals surface area contributed by atoms with E-state index >= 15 is 0 Å². The zero-order valence-electron chi connectivity index (χ0n) is 17.7. The van der Waals surface area contributed by atoms with Crippen molar-refractivity contribution in [3.63, 3.8) is 0 Å². The highest BCUT2D eigenvalue weighted by Crippen LogP contribution is 2.35. The Kier molecular flexibility index (Phi) is 6.69. The number of amides is 2.